The Morgan fingerprint density at radius 3 is 2.52 bits per heavy atom. The summed E-state index contributed by atoms with van der Waals surface area (Å²) in [7, 11) is 0. The molecule has 1 unspecified atom stereocenters. The zero-order chi connectivity index (χ0) is 16.7. The molecule has 23 heavy (non-hydrogen) atoms. The Morgan fingerprint density at radius 2 is 1.91 bits per heavy atom. The van der Waals surface area contributed by atoms with Crippen molar-refractivity contribution in [1.29, 1.82) is 0 Å². The van der Waals surface area contributed by atoms with Crippen LogP contribution in [0, 0.1) is 5.92 Å². The van der Waals surface area contributed by atoms with Crippen molar-refractivity contribution in [3.05, 3.63) is 59.9 Å². The van der Waals surface area contributed by atoms with Gasteiger partial charge in [0, 0.05) is 18.0 Å². The number of ether oxygens (including phenoxy) is 1. The van der Waals surface area contributed by atoms with Crippen molar-refractivity contribution in [3.63, 3.8) is 0 Å². The van der Waals surface area contributed by atoms with E-state index in [0.717, 1.165) is 17.7 Å². The molecular weight excluding hydrogens is 288 g/mol. The van der Waals surface area contributed by atoms with Crippen molar-refractivity contribution in [2.75, 3.05) is 6.61 Å². The normalized spacial score (nSPS) is 12.0. The quantitative estimate of drug-likeness (QED) is 0.841. The van der Waals surface area contributed by atoms with Crippen LogP contribution in [0.1, 0.15) is 49.2 Å². The van der Waals surface area contributed by atoms with E-state index in [-0.39, 0.29) is 11.9 Å². The topological polar surface area (TPSA) is 51.2 Å². The maximum atomic E-state index is 12.3. The first-order valence-electron chi connectivity index (χ1n) is 8.00. The Balaban J connectivity index is 1.90. The first kappa shape index (κ1) is 17.0. The molecular formula is C19H24N2O2. The van der Waals surface area contributed by atoms with Gasteiger partial charge in [-0.05, 0) is 55.2 Å². The molecule has 2 aromatic rings. The number of nitrogens with zero attached hydrogens (tertiary/aromatic N) is 1. The number of hydrogen-bond acceptors (Lipinski definition) is 3. The van der Waals surface area contributed by atoms with Gasteiger partial charge >= 0.3 is 0 Å². The number of benzene rings is 1. The van der Waals surface area contributed by atoms with E-state index in [1.165, 1.54) is 0 Å². The monoisotopic (exact) mass is 312 g/mol. The minimum Gasteiger partial charge on any atom is -0.494 e. The molecule has 0 spiro atoms. The van der Waals surface area contributed by atoms with Crippen molar-refractivity contribution in [2.45, 2.75) is 33.2 Å². The van der Waals surface area contributed by atoms with E-state index in [4.69, 9.17) is 4.74 Å². The van der Waals surface area contributed by atoms with E-state index in [2.05, 4.69) is 24.1 Å². The molecule has 1 heterocycles. The Labute approximate surface area is 137 Å². The smallest absolute Gasteiger partial charge is 0.251 e. The number of rotatable bonds is 7. The molecule has 0 bridgehead atoms. The van der Waals surface area contributed by atoms with Crippen molar-refractivity contribution < 1.29 is 9.53 Å². The lowest BCUT2D eigenvalue weighted by Gasteiger charge is -2.14. The maximum absolute atomic E-state index is 12.3. The summed E-state index contributed by atoms with van der Waals surface area (Å²) in [5, 5.41) is 2.97. The van der Waals surface area contributed by atoms with Gasteiger partial charge in [0.15, 0.2) is 0 Å². The zero-order valence-corrected chi connectivity index (χ0v) is 14.0. The van der Waals surface area contributed by atoms with Crippen molar-refractivity contribution in [1.82, 2.24) is 10.3 Å². The lowest BCUT2D eigenvalue weighted by Crippen LogP contribution is -2.26. The number of carbonyl (C=O) groups excluding carboxylic acids is 1. The Bertz CT molecular complexity index is 609. The van der Waals surface area contributed by atoms with Gasteiger partial charge < -0.3 is 10.1 Å². The van der Waals surface area contributed by atoms with Crippen molar-refractivity contribution in [2.24, 2.45) is 5.92 Å². The highest BCUT2D eigenvalue weighted by Gasteiger charge is 2.11. The van der Waals surface area contributed by atoms with Gasteiger partial charge in [-0.15, -0.1) is 0 Å². The second kappa shape index (κ2) is 8.32. The van der Waals surface area contributed by atoms with Crippen LogP contribution in [0.5, 0.6) is 5.75 Å². The van der Waals surface area contributed by atoms with Gasteiger partial charge in [0.25, 0.3) is 5.91 Å². The van der Waals surface area contributed by atoms with E-state index < -0.39 is 0 Å². The van der Waals surface area contributed by atoms with Crippen molar-refractivity contribution >= 4 is 5.91 Å². The average Bonchev–Trinajstić information content (AvgIpc) is 2.56. The largest absolute Gasteiger partial charge is 0.494 e. The second-order valence-corrected chi connectivity index (χ2v) is 6.04. The molecule has 0 saturated carbocycles. The zero-order valence-electron chi connectivity index (χ0n) is 14.0. The van der Waals surface area contributed by atoms with Gasteiger partial charge in [-0.2, -0.15) is 0 Å². The van der Waals surface area contributed by atoms with Gasteiger partial charge in [-0.3, -0.25) is 9.78 Å². The highest BCUT2D eigenvalue weighted by atomic mass is 16.5. The third-order valence-corrected chi connectivity index (χ3v) is 3.61. The summed E-state index contributed by atoms with van der Waals surface area (Å²) in [6.07, 6.45) is 4.50. The third-order valence-electron chi connectivity index (χ3n) is 3.61. The lowest BCUT2D eigenvalue weighted by atomic mass is 10.1. The molecule has 0 saturated heterocycles. The molecule has 4 nitrogen and oxygen atoms in total. The fraction of sp³-hybridized carbons (Fsp3) is 0.368. The molecule has 1 aromatic heterocycles. The SMILES string of the molecule is CC(C)CCOc1ccc(C(=O)NC(C)c2cccnc2)cc1. The van der Waals surface area contributed by atoms with Gasteiger partial charge in [0.2, 0.25) is 0 Å². The molecule has 0 radical (unpaired) electrons. The summed E-state index contributed by atoms with van der Waals surface area (Å²) < 4.78 is 5.66. The number of aromatic nitrogens is 1. The first-order chi connectivity index (χ1) is 11.1. The standard InChI is InChI=1S/C19H24N2O2/c1-14(2)10-12-23-18-8-6-16(7-9-18)19(22)21-15(3)17-5-4-11-20-13-17/h4-9,11,13-15H,10,12H2,1-3H3,(H,21,22). The van der Waals surface area contributed by atoms with E-state index in [1.807, 2.05) is 31.2 Å². The molecule has 122 valence electrons. The predicted octanol–water partition coefficient (Wildman–Crippen LogP) is 4.00. The average molecular weight is 312 g/mol. The van der Waals surface area contributed by atoms with Crippen LogP contribution in [0.3, 0.4) is 0 Å². The van der Waals surface area contributed by atoms with Gasteiger partial charge in [-0.1, -0.05) is 19.9 Å². The van der Waals surface area contributed by atoms with Crippen LogP contribution in [0.25, 0.3) is 0 Å². The highest BCUT2D eigenvalue weighted by molar-refractivity contribution is 5.94. The van der Waals surface area contributed by atoms with Gasteiger partial charge in [-0.25, -0.2) is 0 Å². The third kappa shape index (κ3) is 5.40. The molecule has 1 amide bonds. The Morgan fingerprint density at radius 1 is 1.17 bits per heavy atom. The highest BCUT2D eigenvalue weighted by Crippen LogP contribution is 2.15. The van der Waals surface area contributed by atoms with Gasteiger partial charge in [0.1, 0.15) is 5.75 Å². The number of carbonyl (C=O) groups is 1. The molecule has 0 aliphatic carbocycles. The summed E-state index contributed by atoms with van der Waals surface area (Å²) in [4.78, 5) is 16.3. The molecule has 0 aliphatic rings. The number of nitrogens with one attached hydrogen (secondary N) is 1. The molecule has 1 atom stereocenters. The fourth-order valence-electron chi connectivity index (χ4n) is 2.11. The number of amides is 1. The fourth-order valence-corrected chi connectivity index (χ4v) is 2.11. The Kier molecular flexibility index (Phi) is 6.15. The lowest BCUT2D eigenvalue weighted by molar-refractivity contribution is 0.0940. The molecule has 0 fully saturated rings. The van der Waals surface area contributed by atoms with Gasteiger partial charge in [0.05, 0.1) is 12.6 Å². The van der Waals surface area contributed by atoms with Crippen LogP contribution in [0.2, 0.25) is 0 Å². The van der Waals surface area contributed by atoms with Crippen LogP contribution in [-0.4, -0.2) is 17.5 Å². The molecule has 1 N–H and O–H groups in total. The minimum absolute atomic E-state index is 0.0850. The predicted molar refractivity (Wildman–Crippen MR) is 91.5 cm³/mol. The van der Waals surface area contributed by atoms with E-state index >= 15 is 0 Å². The summed E-state index contributed by atoms with van der Waals surface area (Å²) in [6, 6.07) is 11.0. The van der Waals surface area contributed by atoms with Crippen LogP contribution in [-0.2, 0) is 0 Å². The summed E-state index contributed by atoms with van der Waals surface area (Å²) in [5.41, 5.74) is 1.60. The number of hydrogen-bond donors (Lipinski definition) is 1. The molecule has 2 rings (SSSR count). The Hall–Kier alpha value is -2.36. The van der Waals surface area contributed by atoms with Crippen LogP contribution in [0.15, 0.2) is 48.8 Å². The summed E-state index contributed by atoms with van der Waals surface area (Å²) >= 11 is 0. The molecule has 4 heteroatoms. The summed E-state index contributed by atoms with van der Waals surface area (Å²) in [6.45, 7) is 6.97. The maximum Gasteiger partial charge on any atom is 0.251 e. The summed E-state index contributed by atoms with van der Waals surface area (Å²) in [5.74, 6) is 1.31. The first-order valence-corrected chi connectivity index (χ1v) is 8.00. The van der Waals surface area contributed by atoms with Crippen LogP contribution in [0.4, 0.5) is 0 Å². The molecule has 1 aromatic carbocycles. The van der Waals surface area contributed by atoms with E-state index in [0.29, 0.717) is 18.1 Å². The van der Waals surface area contributed by atoms with Crippen molar-refractivity contribution in [3.8, 4) is 5.75 Å². The van der Waals surface area contributed by atoms with E-state index in [9.17, 15) is 4.79 Å². The molecule has 0 aliphatic heterocycles. The van der Waals surface area contributed by atoms with Crippen LogP contribution >= 0.6 is 0 Å². The van der Waals surface area contributed by atoms with Crippen LogP contribution < -0.4 is 10.1 Å². The number of pyridine rings is 1. The second-order valence-electron chi connectivity index (χ2n) is 6.04. The van der Waals surface area contributed by atoms with E-state index in [1.54, 1.807) is 24.5 Å². The minimum atomic E-state index is -0.102.